The molecule has 0 saturated carbocycles. The SMILES string of the molecule is CCCOc1cccc(CNC(=O)NNC(=O)c2cn(C)c3ccccc23)c1. The van der Waals surface area contributed by atoms with Gasteiger partial charge in [0.2, 0.25) is 0 Å². The first-order valence-corrected chi connectivity index (χ1v) is 9.18. The highest BCUT2D eigenvalue weighted by molar-refractivity contribution is 6.07. The largest absolute Gasteiger partial charge is 0.494 e. The maximum absolute atomic E-state index is 12.4. The van der Waals surface area contributed by atoms with E-state index in [9.17, 15) is 9.59 Å². The summed E-state index contributed by atoms with van der Waals surface area (Å²) in [5.41, 5.74) is 7.18. The molecule has 7 heteroatoms. The first-order valence-electron chi connectivity index (χ1n) is 9.18. The van der Waals surface area contributed by atoms with Gasteiger partial charge in [0.25, 0.3) is 5.91 Å². The van der Waals surface area contributed by atoms with Gasteiger partial charge in [0.15, 0.2) is 0 Å². The van der Waals surface area contributed by atoms with Crippen molar-refractivity contribution in [3.63, 3.8) is 0 Å². The van der Waals surface area contributed by atoms with Crippen LogP contribution in [0.3, 0.4) is 0 Å². The van der Waals surface area contributed by atoms with E-state index in [1.54, 1.807) is 6.20 Å². The number of nitrogens with one attached hydrogen (secondary N) is 3. The molecule has 0 bridgehead atoms. The number of urea groups is 1. The van der Waals surface area contributed by atoms with E-state index in [1.807, 2.05) is 67.1 Å². The highest BCUT2D eigenvalue weighted by atomic mass is 16.5. The Morgan fingerprint density at radius 1 is 1.07 bits per heavy atom. The van der Waals surface area contributed by atoms with Crippen molar-refractivity contribution in [3.05, 3.63) is 65.9 Å². The standard InChI is InChI=1S/C21H24N4O3/c1-3-11-28-16-8-6-7-15(12-16)13-22-21(27)24-23-20(26)18-14-25(2)19-10-5-4-9-17(18)19/h4-10,12,14H,3,11,13H2,1-2H3,(H,23,26)(H2,22,24,27). The number of fused-ring (bicyclic) bond motifs is 1. The predicted molar refractivity (Wildman–Crippen MR) is 108 cm³/mol. The van der Waals surface area contributed by atoms with Crippen molar-refractivity contribution in [1.82, 2.24) is 20.7 Å². The van der Waals surface area contributed by atoms with Gasteiger partial charge in [-0.15, -0.1) is 0 Å². The van der Waals surface area contributed by atoms with Crippen molar-refractivity contribution in [2.45, 2.75) is 19.9 Å². The number of hydrogen-bond acceptors (Lipinski definition) is 3. The maximum atomic E-state index is 12.4. The summed E-state index contributed by atoms with van der Waals surface area (Å²) in [7, 11) is 1.87. The molecule has 146 valence electrons. The normalized spacial score (nSPS) is 10.5. The lowest BCUT2D eigenvalue weighted by Crippen LogP contribution is -2.46. The van der Waals surface area contributed by atoms with E-state index in [2.05, 4.69) is 16.2 Å². The van der Waals surface area contributed by atoms with E-state index in [0.29, 0.717) is 18.7 Å². The highest BCUT2D eigenvalue weighted by Crippen LogP contribution is 2.19. The zero-order chi connectivity index (χ0) is 19.9. The van der Waals surface area contributed by atoms with Crippen molar-refractivity contribution in [2.75, 3.05) is 6.61 Å². The van der Waals surface area contributed by atoms with Gasteiger partial charge in [-0.2, -0.15) is 0 Å². The number of carbonyl (C=O) groups excluding carboxylic acids is 2. The molecule has 28 heavy (non-hydrogen) atoms. The van der Waals surface area contributed by atoms with Gasteiger partial charge in [-0.3, -0.25) is 10.2 Å². The van der Waals surface area contributed by atoms with Gasteiger partial charge in [0.1, 0.15) is 5.75 Å². The smallest absolute Gasteiger partial charge is 0.333 e. The van der Waals surface area contributed by atoms with Crippen LogP contribution in [-0.4, -0.2) is 23.1 Å². The molecule has 3 rings (SSSR count). The van der Waals surface area contributed by atoms with Gasteiger partial charge in [0.05, 0.1) is 12.2 Å². The van der Waals surface area contributed by atoms with Crippen LogP contribution in [0.1, 0.15) is 29.3 Å². The topological polar surface area (TPSA) is 84.4 Å². The number of para-hydroxylation sites is 1. The van der Waals surface area contributed by atoms with Gasteiger partial charge < -0.3 is 14.6 Å². The molecule has 0 aliphatic heterocycles. The molecule has 3 N–H and O–H groups in total. The van der Waals surface area contributed by atoms with E-state index < -0.39 is 6.03 Å². The van der Waals surface area contributed by atoms with E-state index in [0.717, 1.165) is 28.6 Å². The number of aromatic nitrogens is 1. The molecule has 0 aliphatic rings. The zero-order valence-corrected chi connectivity index (χ0v) is 16.0. The molecule has 1 heterocycles. The summed E-state index contributed by atoms with van der Waals surface area (Å²) in [6.45, 7) is 3.01. The minimum absolute atomic E-state index is 0.319. The number of hydrazine groups is 1. The summed E-state index contributed by atoms with van der Waals surface area (Å²) >= 11 is 0. The van der Waals surface area contributed by atoms with E-state index in [-0.39, 0.29) is 5.91 Å². The van der Waals surface area contributed by atoms with Crippen LogP contribution in [0.5, 0.6) is 5.75 Å². The number of rotatable bonds is 6. The third kappa shape index (κ3) is 4.62. The predicted octanol–water partition coefficient (Wildman–Crippen LogP) is 3.11. The molecule has 0 atom stereocenters. The Balaban J connectivity index is 1.52. The van der Waals surface area contributed by atoms with E-state index >= 15 is 0 Å². The lowest BCUT2D eigenvalue weighted by atomic mass is 10.2. The van der Waals surface area contributed by atoms with Crippen molar-refractivity contribution in [2.24, 2.45) is 7.05 Å². The van der Waals surface area contributed by atoms with Crippen LogP contribution in [0.4, 0.5) is 4.79 Å². The molecule has 0 aliphatic carbocycles. The van der Waals surface area contributed by atoms with Gasteiger partial charge >= 0.3 is 6.03 Å². The lowest BCUT2D eigenvalue weighted by Gasteiger charge is -2.10. The molecule has 0 saturated heterocycles. The van der Waals surface area contributed by atoms with Gasteiger partial charge in [0, 0.05) is 30.7 Å². The van der Waals surface area contributed by atoms with Crippen LogP contribution in [0.2, 0.25) is 0 Å². The first kappa shape index (κ1) is 19.3. The third-order valence-corrected chi connectivity index (χ3v) is 4.26. The van der Waals surface area contributed by atoms with E-state index in [4.69, 9.17) is 4.74 Å². The van der Waals surface area contributed by atoms with Crippen LogP contribution in [0, 0.1) is 0 Å². The summed E-state index contributed by atoms with van der Waals surface area (Å²) in [6, 6.07) is 14.6. The number of amides is 3. The second kappa shape index (κ2) is 8.94. The van der Waals surface area contributed by atoms with Crippen molar-refractivity contribution < 1.29 is 14.3 Å². The summed E-state index contributed by atoms with van der Waals surface area (Å²) in [4.78, 5) is 24.4. The van der Waals surface area contributed by atoms with Crippen LogP contribution in [0.15, 0.2) is 54.7 Å². The average Bonchev–Trinajstić information content (AvgIpc) is 3.06. The number of carbonyl (C=O) groups is 2. The molecule has 3 aromatic rings. The van der Waals surface area contributed by atoms with E-state index in [1.165, 1.54) is 0 Å². The Hall–Kier alpha value is -3.48. The Kier molecular flexibility index (Phi) is 6.16. The number of ether oxygens (including phenoxy) is 1. The summed E-state index contributed by atoms with van der Waals surface area (Å²) in [5.74, 6) is 0.396. The Bertz CT molecular complexity index is 981. The first-order chi connectivity index (χ1) is 13.6. The Morgan fingerprint density at radius 2 is 1.89 bits per heavy atom. The third-order valence-electron chi connectivity index (χ3n) is 4.26. The minimum Gasteiger partial charge on any atom is -0.494 e. The zero-order valence-electron chi connectivity index (χ0n) is 16.0. The fraction of sp³-hybridized carbons (Fsp3) is 0.238. The van der Waals surface area contributed by atoms with Crippen LogP contribution < -0.4 is 20.9 Å². The van der Waals surface area contributed by atoms with Crippen LogP contribution in [-0.2, 0) is 13.6 Å². The number of benzene rings is 2. The monoisotopic (exact) mass is 380 g/mol. The lowest BCUT2D eigenvalue weighted by molar-refractivity contribution is 0.0937. The molecule has 3 amide bonds. The Morgan fingerprint density at radius 3 is 2.71 bits per heavy atom. The molecular weight excluding hydrogens is 356 g/mol. The molecule has 0 spiro atoms. The van der Waals surface area contributed by atoms with Crippen LogP contribution in [0.25, 0.3) is 10.9 Å². The average molecular weight is 380 g/mol. The Labute approximate surface area is 163 Å². The quantitative estimate of drug-likeness (QED) is 0.575. The number of nitrogens with zero attached hydrogens (tertiary/aromatic N) is 1. The molecule has 0 fully saturated rings. The number of hydrogen-bond donors (Lipinski definition) is 3. The second-order valence-electron chi connectivity index (χ2n) is 6.43. The van der Waals surface area contributed by atoms with Gasteiger partial charge in [-0.05, 0) is 30.2 Å². The molecule has 0 radical (unpaired) electrons. The van der Waals surface area contributed by atoms with Gasteiger partial charge in [-0.1, -0.05) is 37.3 Å². The van der Waals surface area contributed by atoms with Crippen molar-refractivity contribution >= 4 is 22.8 Å². The molecule has 1 aromatic heterocycles. The van der Waals surface area contributed by atoms with Crippen molar-refractivity contribution in [3.8, 4) is 5.75 Å². The fourth-order valence-corrected chi connectivity index (χ4v) is 2.90. The molecule has 0 unspecified atom stereocenters. The van der Waals surface area contributed by atoms with Gasteiger partial charge in [-0.25, -0.2) is 10.2 Å². The number of aryl methyl sites for hydroxylation is 1. The maximum Gasteiger partial charge on any atom is 0.333 e. The fourth-order valence-electron chi connectivity index (χ4n) is 2.90. The highest BCUT2D eigenvalue weighted by Gasteiger charge is 2.14. The summed E-state index contributed by atoms with van der Waals surface area (Å²) in [6.07, 6.45) is 2.67. The van der Waals surface area contributed by atoms with Crippen LogP contribution >= 0.6 is 0 Å². The minimum atomic E-state index is -0.492. The van der Waals surface area contributed by atoms with Crippen molar-refractivity contribution in [1.29, 1.82) is 0 Å². The summed E-state index contributed by atoms with van der Waals surface area (Å²) < 4.78 is 7.45. The molecule has 2 aromatic carbocycles. The second-order valence-corrected chi connectivity index (χ2v) is 6.43. The summed E-state index contributed by atoms with van der Waals surface area (Å²) in [5, 5.41) is 3.53. The molecular formula is C21H24N4O3. The molecule has 7 nitrogen and oxygen atoms in total.